The normalized spacial score (nSPS) is 11.8. The Morgan fingerprint density at radius 3 is 2.50 bits per heavy atom. The molecule has 0 saturated carbocycles. The Morgan fingerprint density at radius 2 is 1.94 bits per heavy atom. The highest BCUT2D eigenvalue weighted by atomic mass is 19.4. The maximum Gasteiger partial charge on any atom is 0.417 e. The first-order chi connectivity index (χ1) is 8.30. The van der Waals surface area contributed by atoms with Crippen molar-refractivity contribution in [3.8, 4) is 0 Å². The van der Waals surface area contributed by atoms with Gasteiger partial charge < -0.3 is 0 Å². The maximum atomic E-state index is 12.9. The number of nitrogens with zero attached hydrogens (tertiary/aromatic N) is 1. The summed E-state index contributed by atoms with van der Waals surface area (Å²) in [6.07, 6.45) is -4.43. The lowest BCUT2D eigenvalue weighted by atomic mass is 10.0. The van der Waals surface area contributed by atoms with Gasteiger partial charge in [-0.1, -0.05) is 6.07 Å². The zero-order valence-electron chi connectivity index (χ0n) is 9.80. The molecule has 0 aliphatic heterocycles. The molecule has 0 aliphatic carbocycles. The van der Waals surface area contributed by atoms with Gasteiger partial charge in [0.25, 0.3) is 0 Å². The summed E-state index contributed by atoms with van der Waals surface area (Å²) in [5, 5.41) is 0.0509. The van der Waals surface area contributed by atoms with E-state index in [2.05, 4.69) is 4.98 Å². The molecule has 5 heteroatoms. The summed E-state index contributed by atoms with van der Waals surface area (Å²) < 4.78 is 38.6. The Labute approximate surface area is 101 Å². The molecule has 0 spiro atoms. The van der Waals surface area contributed by atoms with Crippen LogP contribution in [0.2, 0.25) is 0 Å². The minimum absolute atomic E-state index is 0.0509. The van der Waals surface area contributed by atoms with Gasteiger partial charge in [-0.3, -0.25) is 4.79 Å². The summed E-state index contributed by atoms with van der Waals surface area (Å²) >= 11 is 0. The second-order valence-corrected chi connectivity index (χ2v) is 4.08. The van der Waals surface area contributed by atoms with E-state index in [9.17, 15) is 18.0 Å². The monoisotopic (exact) mass is 253 g/mol. The predicted octanol–water partition coefficient (Wildman–Crippen LogP) is 3.76. The Morgan fingerprint density at radius 1 is 1.28 bits per heavy atom. The number of pyridine rings is 1. The van der Waals surface area contributed by atoms with E-state index in [0.717, 1.165) is 6.07 Å². The van der Waals surface area contributed by atoms with Gasteiger partial charge in [0.05, 0.1) is 11.1 Å². The number of carbonyl (C=O) groups excluding carboxylic acids is 1. The Kier molecular flexibility index (Phi) is 2.84. The highest BCUT2D eigenvalue weighted by Crippen LogP contribution is 2.35. The first-order valence-electron chi connectivity index (χ1n) is 5.29. The van der Waals surface area contributed by atoms with Crippen LogP contribution in [0.15, 0.2) is 24.3 Å². The molecule has 2 aromatic rings. The number of Topliss-reactive ketones (excluding diaryl/α,β-unsaturated/α-hetero) is 1. The number of rotatable bonds is 1. The van der Waals surface area contributed by atoms with Gasteiger partial charge in [-0.15, -0.1) is 0 Å². The molecule has 0 radical (unpaired) electrons. The minimum atomic E-state index is -4.43. The van der Waals surface area contributed by atoms with Crippen LogP contribution in [0.4, 0.5) is 13.2 Å². The molecule has 0 unspecified atom stereocenters. The number of hydrogen-bond acceptors (Lipinski definition) is 2. The van der Waals surface area contributed by atoms with Crippen LogP contribution >= 0.6 is 0 Å². The van der Waals surface area contributed by atoms with Gasteiger partial charge >= 0.3 is 6.18 Å². The van der Waals surface area contributed by atoms with E-state index in [1.54, 1.807) is 6.92 Å². The lowest BCUT2D eigenvalue weighted by molar-refractivity contribution is -0.136. The van der Waals surface area contributed by atoms with Gasteiger partial charge in [0.2, 0.25) is 0 Å². The predicted molar refractivity (Wildman–Crippen MR) is 61.5 cm³/mol. The molecule has 0 bridgehead atoms. The third kappa shape index (κ3) is 2.08. The molecule has 1 aromatic heterocycles. The lowest BCUT2D eigenvalue weighted by Crippen LogP contribution is -2.08. The lowest BCUT2D eigenvalue weighted by Gasteiger charge is -2.12. The second-order valence-electron chi connectivity index (χ2n) is 4.08. The first kappa shape index (κ1) is 12.5. The zero-order chi connectivity index (χ0) is 13.5. The minimum Gasteiger partial charge on any atom is -0.293 e. The third-order valence-corrected chi connectivity index (χ3v) is 2.70. The van der Waals surface area contributed by atoms with Crippen LogP contribution in [0.1, 0.15) is 28.5 Å². The van der Waals surface area contributed by atoms with Gasteiger partial charge in [0.15, 0.2) is 5.78 Å². The maximum absolute atomic E-state index is 12.9. The van der Waals surface area contributed by atoms with Crippen molar-refractivity contribution in [1.82, 2.24) is 4.98 Å². The largest absolute Gasteiger partial charge is 0.417 e. The SMILES string of the molecule is CC(=O)c1cc(C)c2c(C(F)(F)F)cccc2n1. The number of benzene rings is 1. The molecule has 18 heavy (non-hydrogen) atoms. The Hall–Kier alpha value is -1.91. The van der Waals surface area contributed by atoms with Crippen LogP contribution in [0.3, 0.4) is 0 Å². The van der Waals surface area contributed by atoms with E-state index in [0.29, 0.717) is 5.56 Å². The molecule has 0 saturated heterocycles. The smallest absolute Gasteiger partial charge is 0.293 e. The van der Waals surface area contributed by atoms with Crippen LogP contribution in [0.25, 0.3) is 10.9 Å². The van der Waals surface area contributed by atoms with Crippen molar-refractivity contribution in [3.63, 3.8) is 0 Å². The average molecular weight is 253 g/mol. The number of alkyl halides is 3. The van der Waals surface area contributed by atoms with E-state index in [-0.39, 0.29) is 22.4 Å². The van der Waals surface area contributed by atoms with Crippen molar-refractivity contribution in [2.45, 2.75) is 20.0 Å². The van der Waals surface area contributed by atoms with E-state index >= 15 is 0 Å². The van der Waals surface area contributed by atoms with Crippen molar-refractivity contribution in [2.24, 2.45) is 0 Å². The zero-order valence-corrected chi connectivity index (χ0v) is 9.80. The Balaban J connectivity index is 2.83. The number of ketones is 1. The van der Waals surface area contributed by atoms with Crippen molar-refractivity contribution in [2.75, 3.05) is 0 Å². The van der Waals surface area contributed by atoms with E-state index in [4.69, 9.17) is 0 Å². The first-order valence-corrected chi connectivity index (χ1v) is 5.29. The van der Waals surface area contributed by atoms with E-state index in [1.165, 1.54) is 25.1 Å². The molecule has 2 rings (SSSR count). The van der Waals surface area contributed by atoms with Crippen LogP contribution in [-0.4, -0.2) is 10.8 Å². The molecule has 2 nitrogen and oxygen atoms in total. The van der Waals surface area contributed by atoms with Crippen molar-refractivity contribution in [1.29, 1.82) is 0 Å². The summed E-state index contributed by atoms with van der Waals surface area (Å²) in [6, 6.07) is 5.18. The van der Waals surface area contributed by atoms with Crippen molar-refractivity contribution >= 4 is 16.7 Å². The molecule has 0 N–H and O–H groups in total. The van der Waals surface area contributed by atoms with Crippen molar-refractivity contribution in [3.05, 3.63) is 41.1 Å². The van der Waals surface area contributed by atoms with Gasteiger partial charge in [0, 0.05) is 12.3 Å². The molecular formula is C13H10F3NO. The fourth-order valence-electron chi connectivity index (χ4n) is 1.90. The molecule has 0 atom stereocenters. The highest BCUT2D eigenvalue weighted by Gasteiger charge is 2.33. The van der Waals surface area contributed by atoms with Gasteiger partial charge in [0.1, 0.15) is 5.69 Å². The average Bonchev–Trinajstić information content (AvgIpc) is 2.26. The fourth-order valence-corrected chi connectivity index (χ4v) is 1.90. The summed E-state index contributed by atoms with van der Waals surface area (Å²) in [7, 11) is 0. The van der Waals surface area contributed by atoms with E-state index in [1.807, 2.05) is 0 Å². The van der Waals surface area contributed by atoms with Crippen LogP contribution in [0, 0.1) is 6.92 Å². The number of aromatic nitrogens is 1. The quantitative estimate of drug-likeness (QED) is 0.724. The summed E-state index contributed by atoms with van der Waals surface area (Å²) in [5.74, 6) is -0.266. The van der Waals surface area contributed by atoms with Gasteiger partial charge in [-0.05, 0) is 30.7 Å². The number of carbonyl (C=O) groups is 1. The number of aryl methyl sites for hydroxylation is 1. The highest BCUT2D eigenvalue weighted by molar-refractivity contribution is 5.96. The van der Waals surface area contributed by atoms with Crippen LogP contribution in [-0.2, 0) is 6.18 Å². The van der Waals surface area contributed by atoms with Crippen LogP contribution < -0.4 is 0 Å². The summed E-state index contributed by atoms with van der Waals surface area (Å²) in [6.45, 7) is 2.88. The summed E-state index contributed by atoms with van der Waals surface area (Å²) in [5.41, 5.74) is 0.0487. The number of fused-ring (bicyclic) bond motifs is 1. The van der Waals surface area contributed by atoms with Gasteiger partial charge in [-0.25, -0.2) is 4.98 Å². The molecular weight excluding hydrogens is 243 g/mol. The Bertz CT molecular complexity index is 632. The fraction of sp³-hybridized carbons (Fsp3) is 0.231. The summed E-state index contributed by atoms with van der Waals surface area (Å²) in [4.78, 5) is 15.2. The molecule has 0 amide bonds. The third-order valence-electron chi connectivity index (χ3n) is 2.70. The van der Waals surface area contributed by atoms with Gasteiger partial charge in [-0.2, -0.15) is 13.2 Å². The number of hydrogen-bond donors (Lipinski definition) is 0. The molecule has 0 aliphatic rings. The molecule has 0 fully saturated rings. The molecule has 94 valence electrons. The standard InChI is InChI=1S/C13H10F3NO/c1-7-6-11(8(2)18)17-10-5-3-4-9(12(7)10)13(14,15)16/h3-6H,1-2H3. The number of halogens is 3. The molecule has 1 aromatic carbocycles. The molecule has 1 heterocycles. The van der Waals surface area contributed by atoms with E-state index < -0.39 is 11.7 Å². The topological polar surface area (TPSA) is 30.0 Å². The van der Waals surface area contributed by atoms with Crippen molar-refractivity contribution < 1.29 is 18.0 Å². The van der Waals surface area contributed by atoms with Crippen LogP contribution in [0.5, 0.6) is 0 Å². The second kappa shape index (κ2) is 4.08.